The van der Waals surface area contributed by atoms with Crippen LogP contribution in [0.2, 0.25) is 0 Å². The van der Waals surface area contributed by atoms with E-state index in [1.54, 1.807) is 0 Å². The maximum atomic E-state index is 5.62. The van der Waals surface area contributed by atoms with Crippen LogP contribution < -0.4 is 0 Å². The molecule has 0 radical (unpaired) electrons. The molecule has 0 saturated carbocycles. The first kappa shape index (κ1) is 13.7. The zero-order chi connectivity index (χ0) is 12.3. The summed E-state index contributed by atoms with van der Waals surface area (Å²) in [6.07, 6.45) is 0. The molecule has 1 aliphatic heterocycles. The minimum atomic E-state index is 0.479. The van der Waals surface area contributed by atoms with Crippen molar-refractivity contribution in [3.05, 3.63) is 0 Å². The Morgan fingerprint density at radius 3 is 1.81 bits per heavy atom. The lowest BCUT2D eigenvalue weighted by Crippen LogP contribution is -2.54. The van der Waals surface area contributed by atoms with Crippen LogP contribution in [0.1, 0.15) is 27.7 Å². The van der Waals surface area contributed by atoms with Gasteiger partial charge >= 0.3 is 0 Å². The van der Waals surface area contributed by atoms with Gasteiger partial charge in [0.25, 0.3) is 0 Å². The lowest BCUT2D eigenvalue weighted by atomic mass is 10.2. The molecule has 0 bridgehead atoms. The van der Waals surface area contributed by atoms with Crippen LogP contribution in [0.5, 0.6) is 0 Å². The van der Waals surface area contributed by atoms with Gasteiger partial charge in [0.1, 0.15) is 0 Å². The zero-order valence-electron chi connectivity index (χ0n) is 11.2. The van der Waals surface area contributed by atoms with E-state index in [0.717, 1.165) is 31.3 Å². The minimum Gasteiger partial charge on any atom is -0.347 e. The first-order valence-corrected chi connectivity index (χ1v) is 6.60. The molecule has 3 nitrogen and oxygen atoms in total. The zero-order valence-corrected chi connectivity index (χ0v) is 12.0. The van der Waals surface area contributed by atoms with Gasteiger partial charge in [-0.15, -0.1) is 0 Å². The highest BCUT2D eigenvalue weighted by Gasteiger charge is 2.24. The fraction of sp³-hybridized carbons (Fsp3) is 0.917. The van der Waals surface area contributed by atoms with E-state index in [1.807, 2.05) is 0 Å². The standard InChI is InChI=1S/C12H25N3S/c1-10(2)15(11(3)4)12(16)14-8-6-13(5)7-9-14/h10-11H,6-9H2,1-5H3. The van der Waals surface area contributed by atoms with Crippen LogP contribution in [-0.2, 0) is 0 Å². The maximum absolute atomic E-state index is 5.62. The number of piperazine rings is 1. The average Bonchev–Trinajstić information content (AvgIpc) is 2.17. The summed E-state index contributed by atoms with van der Waals surface area (Å²) in [5.74, 6) is 0. The van der Waals surface area contributed by atoms with Crippen molar-refractivity contribution in [2.45, 2.75) is 39.8 Å². The lowest BCUT2D eigenvalue weighted by Gasteiger charge is -2.42. The monoisotopic (exact) mass is 243 g/mol. The van der Waals surface area contributed by atoms with Gasteiger partial charge in [-0.2, -0.15) is 0 Å². The van der Waals surface area contributed by atoms with Crippen molar-refractivity contribution in [1.82, 2.24) is 14.7 Å². The smallest absolute Gasteiger partial charge is 0.172 e. The average molecular weight is 243 g/mol. The highest BCUT2D eigenvalue weighted by molar-refractivity contribution is 7.80. The molecule has 1 fully saturated rings. The molecule has 1 heterocycles. The van der Waals surface area contributed by atoms with Crippen molar-refractivity contribution in [3.8, 4) is 0 Å². The molecule has 94 valence electrons. The van der Waals surface area contributed by atoms with E-state index in [1.165, 1.54) is 0 Å². The van der Waals surface area contributed by atoms with Crippen LogP contribution >= 0.6 is 12.2 Å². The normalized spacial score (nSPS) is 18.3. The summed E-state index contributed by atoms with van der Waals surface area (Å²) in [5.41, 5.74) is 0. The molecule has 0 atom stereocenters. The third-order valence-electron chi connectivity index (χ3n) is 3.11. The first-order valence-electron chi connectivity index (χ1n) is 6.19. The number of rotatable bonds is 2. The number of thiocarbonyl (C=S) groups is 1. The fourth-order valence-corrected chi connectivity index (χ4v) is 2.80. The Bertz CT molecular complexity index is 224. The number of hydrogen-bond donors (Lipinski definition) is 0. The highest BCUT2D eigenvalue weighted by Crippen LogP contribution is 2.11. The van der Waals surface area contributed by atoms with Gasteiger partial charge in [-0.05, 0) is 47.0 Å². The summed E-state index contributed by atoms with van der Waals surface area (Å²) < 4.78 is 0. The molecule has 1 rings (SSSR count). The van der Waals surface area contributed by atoms with E-state index in [4.69, 9.17) is 12.2 Å². The van der Waals surface area contributed by atoms with Crippen molar-refractivity contribution in [3.63, 3.8) is 0 Å². The minimum absolute atomic E-state index is 0.479. The van der Waals surface area contributed by atoms with E-state index in [-0.39, 0.29) is 0 Å². The molecule has 0 amide bonds. The van der Waals surface area contributed by atoms with E-state index in [9.17, 15) is 0 Å². The summed E-state index contributed by atoms with van der Waals surface area (Å²) in [5, 5.41) is 1.03. The SMILES string of the molecule is CC(C)N(C(=S)N1CCN(C)CC1)C(C)C. The Labute approximate surface area is 105 Å². The van der Waals surface area contributed by atoms with Gasteiger partial charge < -0.3 is 14.7 Å². The predicted molar refractivity (Wildman–Crippen MR) is 73.8 cm³/mol. The molecular weight excluding hydrogens is 218 g/mol. The second kappa shape index (κ2) is 5.82. The molecule has 0 spiro atoms. The van der Waals surface area contributed by atoms with Crippen molar-refractivity contribution >= 4 is 17.3 Å². The Kier molecular flexibility index (Phi) is 4.99. The Morgan fingerprint density at radius 2 is 1.44 bits per heavy atom. The van der Waals surface area contributed by atoms with Crippen LogP contribution in [0.4, 0.5) is 0 Å². The Hall–Kier alpha value is -0.350. The van der Waals surface area contributed by atoms with Crippen LogP contribution in [-0.4, -0.2) is 65.1 Å². The fourth-order valence-electron chi connectivity index (χ4n) is 2.20. The summed E-state index contributed by atoms with van der Waals surface area (Å²) in [6, 6.07) is 0.958. The summed E-state index contributed by atoms with van der Waals surface area (Å²) >= 11 is 5.62. The molecule has 0 aromatic heterocycles. The third kappa shape index (κ3) is 3.32. The Balaban J connectivity index is 2.61. The summed E-state index contributed by atoms with van der Waals surface area (Å²) in [7, 11) is 2.17. The van der Waals surface area contributed by atoms with Gasteiger partial charge in [0.05, 0.1) is 0 Å². The van der Waals surface area contributed by atoms with Gasteiger partial charge in [-0.25, -0.2) is 0 Å². The molecule has 0 unspecified atom stereocenters. The second-order valence-electron chi connectivity index (χ2n) is 5.17. The van der Waals surface area contributed by atoms with E-state index in [2.05, 4.69) is 49.4 Å². The topological polar surface area (TPSA) is 9.72 Å². The second-order valence-corrected chi connectivity index (χ2v) is 5.53. The van der Waals surface area contributed by atoms with Crippen molar-refractivity contribution < 1.29 is 0 Å². The molecule has 16 heavy (non-hydrogen) atoms. The highest BCUT2D eigenvalue weighted by atomic mass is 32.1. The van der Waals surface area contributed by atoms with Gasteiger partial charge in [0.2, 0.25) is 0 Å². The van der Waals surface area contributed by atoms with Crippen molar-refractivity contribution in [2.75, 3.05) is 33.2 Å². The van der Waals surface area contributed by atoms with Crippen molar-refractivity contribution in [2.24, 2.45) is 0 Å². The van der Waals surface area contributed by atoms with Crippen LogP contribution in [0, 0.1) is 0 Å². The predicted octanol–water partition coefficient (Wildman–Crippen LogP) is 1.64. The van der Waals surface area contributed by atoms with Crippen LogP contribution in [0.25, 0.3) is 0 Å². The third-order valence-corrected chi connectivity index (χ3v) is 3.58. The van der Waals surface area contributed by atoms with E-state index < -0.39 is 0 Å². The molecule has 4 heteroatoms. The van der Waals surface area contributed by atoms with Gasteiger partial charge in [0, 0.05) is 38.3 Å². The molecule has 1 aliphatic rings. The Morgan fingerprint density at radius 1 is 1.00 bits per heavy atom. The van der Waals surface area contributed by atoms with Gasteiger partial charge in [0.15, 0.2) is 5.11 Å². The summed E-state index contributed by atoms with van der Waals surface area (Å²) in [4.78, 5) is 7.03. The molecule has 0 N–H and O–H groups in total. The quantitative estimate of drug-likeness (QED) is 0.682. The number of likely N-dealkylation sites (N-methyl/N-ethyl adjacent to an activating group) is 1. The van der Waals surface area contributed by atoms with Crippen molar-refractivity contribution in [1.29, 1.82) is 0 Å². The molecule has 0 aliphatic carbocycles. The summed E-state index contributed by atoms with van der Waals surface area (Å²) in [6.45, 7) is 13.2. The van der Waals surface area contributed by atoms with E-state index in [0.29, 0.717) is 12.1 Å². The number of nitrogens with zero attached hydrogens (tertiary/aromatic N) is 3. The van der Waals surface area contributed by atoms with Gasteiger partial charge in [-0.1, -0.05) is 0 Å². The van der Waals surface area contributed by atoms with Gasteiger partial charge in [-0.3, -0.25) is 0 Å². The van der Waals surface area contributed by atoms with Crippen LogP contribution in [0.3, 0.4) is 0 Å². The molecular formula is C12H25N3S. The maximum Gasteiger partial charge on any atom is 0.172 e. The molecule has 1 saturated heterocycles. The lowest BCUT2D eigenvalue weighted by molar-refractivity contribution is 0.183. The number of hydrogen-bond acceptors (Lipinski definition) is 2. The molecule has 0 aromatic carbocycles. The van der Waals surface area contributed by atoms with E-state index >= 15 is 0 Å². The largest absolute Gasteiger partial charge is 0.347 e. The first-order chi connectivity index (χ1) is 7.43. The molecule has 0 aromatic rings. The van der Waals surface area contributed by atoms with Crippen LogP contribution in [0.15, 0.2) is 0 Å².